The highest BCUT2D eigenvalue weighted by Gasteiger charge is 2.17. The van der Waals surface area contributed by atoms with Crippen molar-refractivity contribution >= 4 is 17.7 Å². The van der Waals surface area contributed by atoms with Crippen molar-refractivity contribution in [3.63, 3.8) is 0 Å². The highest BCUT2D eigenvalue weighted by molar-refractivity contribution is 7.99. The second-order valence-corrected chi connectivity index (χ2v) is 5.36. The van der Waals surface area contributed by atoms with Crippen molar-refractivity contribution in [2.75, 3.05) is 18.8 Å². The predicted molar refractivity (Wildman–Crippen MR) is 77.0 cm³/mol. The Bertz CT molecular complexity index is 414. The molecule has 7 heteroatoms. The maximum Gasteiger partial charge on any atom is 0.233 e. The zero-order valence-corrected chi connectivity index (χ0v) is 12.9. The summed E-state index contributed by atoms with van der Waals surface area (Å²) in [6.45, 7) is 9.90. The van der Waals surface area contributed by atoms with E-state index in [1.54, 1.807) is 0 Å². The largest absolute Gasteiger partial charge is 0.343 e. The molecule has 1 rings (SSSR count). The van der Waals surface area contributed by atoms with E-state index >= 15 is 0 Å². The third-order valence-electron chi connectivity index (χ3n) is 2.88. The summed E-state index contributed by atoms with van der Waals surface area (Å²) in [5.41, 5.74) is 5.64. The molecule has 1 amide bonds. The van der Waals surface area contributed by atoms with Crippen LogP contribution in [0.4, 0.5) is 0 Å². The molecule has 0 bridgehead atoms. The van der Waals surface area contributed by atoms with E-state index in [1.165, 1.54) is 11.8 Å². The summed E-state index contributed by atoms with van der Waals surface area (Å²) in [7, 11) is 0. The first-order valence-corrected chi connectivity index (χ1v) is 7.58. The van der Waals surface area contributed by atoms with Crippen LogP contribution in [0.3, 0.4) is 0 Å². The average Bonchev–Trinajstić information content (AvgIpc) is 2.80. The van der Waals surface area contributed by atoms with Crippen molar-refractivity contribution in [1.82, 2.24) is 19.7 Å². The molecule has 1 heterocycles. The van der Waals surface area contributed by atoms with E-state index in [1.807, 2.05) is 23.3 Å². The van der Waals surface area contributed by atoms with Crippen molar-refractivity contribution in [1.29, 1.82) is 0 Å². The van der Waals surface area contributed by atoms with Crippen LogP contribution in [0.25, 0.3) is 0 Å². The van der Waals surface area contributed by atoms with Crippen LogP contribution in [0.1, 0.15) is 39.6 Å². The van der Waals surface area contributed by atoms with Gasteiger partial charge < -0.3 is 15.2 Å². The Balaban J connectivity index is 2.73. The number of nitrogens with two attached hydrogens (primary N) is 1. The Morgan fingerprint density at radius 3 is 2.47 bits per heavy atom. The Morgan fingerprint density at radius 1 is 1.37 bits per heavy atom. The van der Waals surface area contributed by atoms with Crippen LogP contribution in [-0.2, 0) is 11.3 Å². The number of carbonyl (C=O) groups excluding carboxylic acids is 1. The molecule has 0 saturated carbocycles. The Hall–Kier alpha value is -1.08. The maximum atomic E-state index is 12.0. The fraction of sp³-hybridized carbons (Fsp3) is 0.750. The second kappa shape index (κ2) is 7.49. The zero-order valence-electron chi connectivity index (χ0n) is 12.1. The van der Waals surface area contributed by atoms with Crippen LogP contribution < -0.4 is 5.73 Å². The standard InChI is InChI=1S/C12H23N5OS/c1-5-16(6-2)11(18)8-19-12-15-14-10(7-13)17(12)9(3)4/h9H,5-8,13H2,1-4H3. The monoisotopic (exact) mass is 285 g/mol. The van der Waals surface area contributed by atoms with Gasteiger partial charge in [-0.15, -0.1) is 10.2 Å². The summed E-state index contributed by atoms with van der Waals surface area (Å²) >= 11 is 1.42. The van der Waals surface area contributed by atoms with Crippen LogP contribution >= 0.6 is 11.8 Å². The normalized spacial score (nSPS) is 11.1. The van der Waals surface area contributed by atoms with Crippen LogP contribution in [0.2, 0.25) is 0 Å². The van der Waals surface area contributed by atoms with Gasteiger partial charge in [-0.3, -0.25) is 4.79 Å². The van der Waals surface area contributed by atoms with Crippen molar-refractivity contribution in [3.05, 3.63) is 5.82 Å². The van der Waals surface area contributed by atoms with Crippen LogP contribution in [0.5, 0.6) is 0 Å². The minimum absolute atomic E-state index is 0.127. The molecule has 0 saturated heterocycles. The van der Waals surface area contributed by atoms with Gasteiger partial charge in [-0.2, -0.15) is 0 Å². The van der Waals surface area contributed by atoms with Gasteiger partial charge in [0.05, 0.1) is 12.3 Å². The van der Waals surface area contributed by atoms with Gasteiger partial charge in [-0.1, -0.05) is 11.8 Å². The molecule has 0 unspecified atom stereocenters. The number of rotatable bonds is 7. The van der Waals surface area contributed by atoms with Crippen LogP contribution in [0.15, 0.2) is 5.16 Å². The van der Waals surface area contributed by atoms with Crippen LogP contribution in [0, 0.1) is 0 Å². The average molecular weight is 285 g/mol. The molecule has 0 fully saturated rings. The first-order chi connectivity index (χ1) is 9.04. The lowest BCUT2D eigenvalue weighted by atomic mass is 10.4. The molecule has 0 aromatic carbocycles. The zero-order chi connectivity index (χ0) is 14.4. The Morgan fingerprint density at radius 2 is 2.00 bits per heavy atom. The van der Waals surface area contributed by atoms with E-state index in [9.17, 15) is 4.79 Å². The lowest BCUT2D eigenvalue weighted by molar-refractivity contribution is -0.127. The van der Waals surface area contributed by atoms with E-state index in [4.69, 9.17) is 5.73 Å². The third-order valence-corrected chi connectivity index (χ3v) is 3.80. The van der Waals surface area contributed by atoms with Gasteiger partial charge in [0.2, 0.25) is 5.91 Å². The van der Waals surface area contributed by atoms with Gasteiger partial charge in [-0.05, 0) is 27.7 Å². The van der Waals surface area contributed by atoms with Crippen molar-refractivity contribution < 1.29 is 4.79 Å². The topological polar surface area (TPSA) is 77.0 Å². The van der Waals surface area contributed by atoms with Gasteiger partial charge in [0, 0.05) is 19.1 Å². The van der Waals surface area contributed by atoms with Gasteiger partial charge in [0.15, 0.2) is 5.16 Å². The number of thioether (sulfide) groups is 1. The lowest BCUT2D eigenvalue weighted by Crippen LogP contribution is -2.32. The smallest absolute Gasteiger partial charge is 0.233 e. The minimum atomic E-state index is 0.127. The number of hydrogen-bond acceptors (Lipinski definition) is 5. The molecule has 0 aliphatic rings. The predicted octanol–water partition coefficient (Wildman–Crippen LogP) is 1.28. The summed E-state index contributed by atoms with van der Waals surface area (Å²) in [5, 5.41) is 8.94. The summed E-state index contributed by atoms with van der Waals surface area (Å²) in [6.07, 6.45) is 0. The van der Waals surface area contributed by atoms with Crippen LogP contribution in [-0.4, -0.2) is 44.4 Å². The molecular formula is C12H23N5OS. The summed E-state index contributed by atoms with van der Waals surface area (Å²) < 4.78 is 1.99. The minimum Gasteiger partial charge on any atom is -0.343 e. The SMILES string of the molecule is CCN(CC)C(=O)CSc1nnc(CN)n1C(C)C. The molecule has 0 radical (unpaired) electrons. The van der Waals surface area contributed by atoms with E-state index in [0.717, 1.165) is 24.1 Å². The molecule has 0 aliphatic carbocycles. The summed E-state index contributed by atoms with van der Waals surface area (Å²) in [6, 6.07) is 0.236. The van der Waals surface area contributed by atoms with Gasteiger partial charge >= 0.3 is 0 Å². The first kappa shape index (κ1) is 16.0. The summed E-state index contributed by atoms with van der Waals surface area (Å²) in [5.74, 6) is 1.27. The van der Waals surface area contributed by atoms with E-state index < -0.39 is 0 Å². The highest BCUT2D eigenvalue weighted by atomic mass is 32.2. The van der Waals surface area contributed by atoms with Crippen molar-refractivity contribution in [2.24, 2.45) is 5.73 Å². The third kappa shape index (κ3) is 3.94. The van der Waals surface area contributed by atoms with E-state index in [-0.39, 0.29) is 11.9 Å². The number of nitrogens with zero attached hydrogens (tertiary/aromatic N) is 4. The maximum absolute atomic E-state index is 12.0. The fourth-order valence-electron chi connectivity index (χ4n) is 1.86. The van der Waals surface area contributed by atoms with Crippen molar-refractivity contribution in [2.45, 2.75) is 45.4 Å². The number of carbonyl (C=O) groups is 1. The molecule has 6 nitrogen and oxygen atoms in total. The molecule has 0 aliphatic heterocycles. The number of hydrogen-bond donors (Lipinski definition) is 1. The Labute approximate surface area is 118 Å². The molecular weight excluding hydrogens is 262 g/mol. The molecule has 1 aromatic heterocycles. The van der Waals surface area contributed by atoms with Gasteiger partial charge in [0.25, 0.3) is 0 Å². The number of aromatic nitrogens is 3. The van der Waals surface area contributed by atoms with Gasteiger partial charge in [0.1, 0.15) is 5.82 Å². The molecule has 2 N–H and O–H groups in total. The second-order valence-electron chi connectivity index (χ2n) is 4.42. The number of amides is 1. The fourth-order valence-corrected chi connectivity index (χ4v) is 2.85. The first-order valence-electron chi connectivity index (χ1n) is 6.59. The lowest BCUT2D eigenvalue weighted by Gasteiger charge is -2.18. The molecule has 0 spiro atoms. The molecule has 19 heavy (non-hydrogen) atoms. The summed E-state index contributed by atoms with van der Waals surface area (Å²) in [4.78, 5) is 13.8. The van der Waals surface area contributed by atoms with E-state index in [0.29, 0.717) is 12.3 Å². The van der Waals surface area contributed by atoms with Gasteiger partial charge in [-0.25, -0.2) is 0 Å². The highest BCUT2D eigenvalue weighted by Crippen LogP contribution is 2.21. The molecule has 108 valence electrons. The molecule has 0 atom stereocenters. The quantitative estimate of drug-likeness (QED) is 0.764. The molecule has 1 aromatic rings. The Kier molecular flexibility index (Phi) is 6.30. The van der Waals surface area contributed by atoms with E-state index in [2.05, 4.69) is 24.0 Å². The van der Waals surface area contributed by atoms with Crippen molar-refractivity contribution in [3.8, 4) is 0 Å².